The molecule has 2 unspecified atom stereocenters. The Morgan fingerprint density at radius 3 is 2.53 bits per heavy atom. The molecule has 0 radical (unpaired) electrons. The second-order valence-electron chi connectivity index (χ2n) is 5.20. The molecule has 2 rings (SSSR count). The molecule has 2 atom stereocenters. The zero-order chi connectivity index (χ0) is 12.4. The largest absolute Gasteiger partial charge is 0.387 e. The first-order chi connectivity index (χ1) is 8.09. The molecule has 0 heterocycles. The first kappa shape index (κ1) is 12.6. The van der Waals surface area contributed by atoms with Gasteiger partial charge in [0, 0.05) is 19.1 Å². The van der Waals surface area contributed by atoms with E-state index < -0.39 is 0 Å². The molecule has 0 aromatic heterocycles. The molecule has 1 N–H and O–H groups in total. The summed E-state index contributed by atoms with van der Waals surface area (Å²) in [4.78, 5) is 4.44. The summed E-state index contributed by atoms with van der Waals surface area (Å²) in [5.74, 6) is 0. The standard InChI is InChI=1S/C14H22N2O/c1-15(2)8-9-16(3)13-10-11-6-4-5-7-12(11)14(13)17/h4-7,13-14,17H,8-10H2,1-3H3. The van der Waals surface area contributed by atoms with Gasteiger partial charge in [-0.1, -0.05) is 24.3 Å². The Labute approximate surface area is 104 Å². The number of likely N-dealkylation sites (N-methyl/N-ethyl adjacent to an activating group) is 2. The number of aliphatic hydroxyl groups is 1. The summed E-state index contributed by atoms with van der Waals surface area (Å²) in [6.45, 7) is 2.01. The van der Waals surface area contributed by atoms with Crippen molar-refractivity contribution in [3.8, 4) is 0 Å². The van der Waals surface area contributed by atoms with E-state index in [1.54, 1.807) is 0 Å². The number of rotatable bonds is 4. The predicted octanol–water partition coefficient (Wildman–Crippen LogP) is 1.14. The van der Waals surface area contributed by atoms with Gasteiger partial charge in [-0.05, 0) is 38.7 Å². The van der Waals surface area contributed by atoms with Gasteiger partial charge < -0.3 is 10.0 Å². The minimum absolute atomic E-state index is 0.229. The highest BCUT2D eigenvalue weighted by atomic mass is 16.3. The number of hydrogen-bond donors (Lipinski definition) is 1. The van der Waals surface area contributed by atoms with Crippen LogP contribution < -0.4 is 0 Å². The minimum atomic E-state index is -0.335. The van der Waals surface area contributed by atoms with Crippen LogP contribution >= 0.6 is 0 Å². The normalized spacial score (nSPS) is 23.4. The average molecular weight is 234 g/mol. The molecule has 0 bridgehead atoms. The Hall–Kier alpha value is -0.900. The predicted molar refractivity (Wildman–Crippen MR) is 70.1 cm³/mol. The van der Waals surface area contributed by atoms with Crippen LogP contribution in [-0.2, 0) is 6.42 Å². The first-order valence-corrected chi connectivity index (χ1v) is 6.20. The van der Waals surface area contributed by atoms with E-state index in [2.05, 4.69) is 37.0 Å². The zero-order valence-electron chi connectivity index (χ0n) is 10.9. The van der Waals surface area contributed by atoms with Crippen LogP contribution in [0, 0.1) is 0 Å². The molecule has 1 aliphatic rings. The third-order valence-electron chi connectivity index (χ3n) is 3.63. The SMILES string of the molecule is CN(C)CCN(C)C1Cc2ccccc2C1O. The van der Waals surface area contributed by atoms with Crippen molar-refractivity contribution in [1.29, 1.82) is 0 Å². The van der Waals surface area contributed by atoms with Gasteiger partial charge in [-0.15, -0.1) is 0 Å². The van der Waals surface area contributed by atoms with E-state index >= 15 is 0 Å². The second kappa shape index (κ2) is 5.17. The molecule has 3 nitrogen and oxygen atoms in total. The van der Waals surface area contributed by atoms with Gasteiger partial charge >= 0.3 is 0 Å². The van der Waals surface area contributed by atoms with Gasteiger partial charge in [0.15, 0.2) is 0 Å². The summed E-state index contributed by atoms with van der Waals surface area (Å²) < 4.78 is 0. The molecular formula is C14H22N2O. The molecule has 3 heteroatoms. The summed E-state index contributed by atoms with van der Waals surface area (Å²) in [6.07, 6.45) is 0.625. The van der Waals surface area contributed by atoms with Gasteiger partial charge in [0.25, 0.3) is 0 Å². The minimum Gasteiger partial charge on any atom is -0.387 e. The summed E-state index contributed by atoms with van der Waals surface area (Å²) in [6, 6.07) is 8.45. The Morgan fingerprint density at radius 2 is 1.88 bits per heavy atom. The maximum absolute atomic E-state index is 10.3. The van der Waals surface area contributed by atoms with Crippen molar-refractivity contribution in [3.05, 3.63) is 35.4 Å². The van der Waals surface area contributed by atoms with Gasteiger partial charge in [-0.3, -0.25) is 4.90 Å². The molecular weight excluding hydrogens is 212 g/mol. The van der Waals surface area contributed by atoms with Crippen LogP contribution in [-0.4, -0.2) is 55.2 Å². The molecule has 1 aliphatic carbocycles. The van der Waals surface area contributed by atoms with Crippen LogP contribution in [0.5, 0.6) is 0 Å². The van der Waals surface area contributed by atoms with Crippen LogP contribution in [0.15, 0.2) is 24.3 Å². The maximum Gasteiger partial charge on any atom is 0.0950 e. The molecule has 0 spiro atoms. The topological polar surface area (TPSA) is 26.7 Å². The average Bonchev–Trinajstić information content (AvgIpc) is 2.64. The van der Waals surface area contributed by atoms with Crippen molar-refractivity contribution < 1.29 is 5.11 Å². The molecule has 94 valence electrons. The van der Waals surface area contributed by atoms with E-state index in [-0.39, 0.29) is 12.1 Å². The van der Waals surface area contributed by atoms with E-state index in [1.165, 1.54) is 5.56 Å². The highest BCUT2D eigenvalue weighted by Gasteiger charge is 2.32. The smallest absolute Gasteiger partial charge is 0.0950 e. The maximum atomic E-state index is 10.3. The van der Waals surface area contributed by atoms with E-state index in [1.807, 2.05) is 18.2 Å². The number of aliphatic hydroxyl groups excluding tert-OH is 1. The van der Waals surface area contributed by atoms with Gasteiger partial charge in [-0.25, -0.2) is 0 Å². The van der Waals surface area contributed by atoms with Crippen LogP contribution in [0.1, 0.15) is 17.2 Å². The fraction of sp³-hybridized carbons (Fsp3) is 0.571. The highest BCUT2D eigenvalue weighted by Crippen LogP contribution is 2.33. The monoisotopic (exact) mass is 234 g/mol. The lowest BCUT2D eigenvalue weighted by atomic mass is 10.1. The molecule has 0 saturated heterocycles. The van der Waals surface area contributed by atoms with E-state index in [9.17, 15) is 5.11 Å². The Balaban J connectivity index is 2.01. The van der Waals surface area contributed by atoms with Crippen LogP contribution in [0.3, 0.4) is 0 Å². The Morgan fingerprint density at radius 1 is 1.18 bits per heavy atom. The first-order valence-electron chi connectivity index (χ1n) is 6.20. The van der Waals surface area contributed by atoms with Crippen LogP contribution in [0.4, 0.5) is 0 Å². The van der Waals surface area contributed by atoms with Crippen molar-refractivity contribution in [1.82, 2.24) is 9.80 Å². The third-order valence-corrected chi connectivity index (χ3v) is 3.63. The lowest BCUT2D eigenvalue weighted by Crippen LogP contribution is -2.39. The van der Waals surface area contributed by atoms with Gasteiger partial charge in [0.1, 0.15) is 0 Å². The van der Waals surface area contributed by atoms with Crippen LogP contribution in [0.25, 0.3) is 0 Å². The number of nitrogens with zero attached hydrogens (tertiary/aromatic N) is 2. The highest BCUT2D eigenvalue weighted by molar-refractivity contribution is 5.35. The summed E-state index contributed by atoms with van der Waals surface area (Å²) in [5.41, 5.74) is 2.40. The van der Waals surface area contributed by atoms with Crippen molar-refractivity contribution in [2.45, 2.75) is 18.6 Å². The van der Waals surface area contributed by atoms with Crippen molar-refractivity contribution in [3.63, 3.8) is 0 Å². The molecule has 0 fully saturated rings. The molecule has 0 aliphatic heterocycles. The number of fused-ring (bicyclic) bond motifs is 1. The number of benzene rings is 1. The third kappa shape index (κ3) is 2.68. The van der Waals surface area contributed by atoms with Crippen LogP contribution in [0.2, 0.25) is 0 Å². The Kier molecular flexibility index (Phi) is 3.82. The summed E-state index contributed by atoms with van der Waals surface area (Å²) >= 11 is 0. The van der Waals surface area contributed by atoms with E-state index in [0.717, 1.165) is 25.1 Å². The van der Waals surface area contributed by atoms with Crippen molar-refractivity contribution in [2.75, 3.05) is 34.2 Å². The van der Waals surface area contributed by atoms with E-state index in [0.29, 0.717) is 0 Å². The number of hydrogen-bond acceptors (Lipinski definition) is 3. The van der Waals surface area contributed by atoms with Gasteiger partial charge in [0.05, 0.1) is 6.10 Å². The fourth-order valence-corrected chi connectivity index (χ4v) is 2.47. The molecule has 17 heavy (non-hydrogen) atoms. The quantitative estimate of drug-likeness (QED) is 0.846. The summed E-state index contributed by atoms with van der Waals surface area (Å²) in [5, 5.41) is 10.3. The molecule has 0 saturated carbocycles. The molecule has 1 aromatic carbocycles. The lowest BCUT2D eigenvalue weighted by molar-refractivity contribution is 0.0726. The van der Waals surface area contributed by atoms with Crippen molar-refractivity contribution in [2.24, 2.45) is 0 Å². The second-order valence-corrected chi connectivity index (χ2v) is 5.20. The molecule has 0 amide bonds. The molecule has 1 aromatic rings. The van der Waals surface area contributed by atoms with Gasteiger partial charge in [0.2, 0.25) is 0 Å². The Bertz CT molecular complexity index is 378. The fourth-order valence-electron chi connectivity index (χ4n) is 2.47. The lowest BCUT2D eigenvalue weighted by Gasteiger charge is -2.28. The zero-order valence-corrected chi connectivity index (χ0v) is 10.9. The summed E-state index contributed by atoms with van der Waals surface area (Å²) in [7, 11) is 6.25. The van der Waals surface area contributed by atoms with E-state index in [4.69, 9.17) is 0 Å². The van der Waals surface area contributed by atoms with Crippen molar-refractivity contribution >= 4 is 0 Å². The van der Waals surface area contributed by atoms with Gasteiger partial charge in [-0.2, -0.15) is 0 Å².